The molecule has 1 unspecified atom stereocenters. The molecular formula is C25H21N3O4. The Labute approximate surface area is 184 Å². The first-order valence-electron chi connectivity index (χ1n) is 10.4. The van der Waals surface area contributed by atoms with E-state index in [0.29, 0.717) is 12.3 Å². The number of fused-ring (bicyclic) bond motifs is 3. The first kappa shape index (κ1) is 19.8. The van der Waals surface area contributed by atoms with Gasteiger partial charge in [-0.1, -0.05) is 36.4 Å². The van der Waals surface area contributed by atoms with Crippen LogP contribution < -0.4 is 4.74 Å². The molecule has 0 saturated heterocycles. The van der Waals surface area contributed by atoms with Gasteiger partial charge in [-0.3, -0.25) is 14.9 Å². The second kappa shape index (κ2) is 8.19. The van der Waals surface area contributed by atoms with E-state index in [4.69, 9.17) is 4.74 Å². The Morgan fingerprint density at radius 1 is 1.03 bits per heavy atom. The molecular weight excluding hydrogens is 406 g/mol. The number of benzene rings is 3. The third kappa shape index (κ3) is 3.58. The molecule has 4 aromatic rings. The van der Waals surface area contributed by atoms with Crippen molar-refractivity contribution in [2.75, 3.05) is 13.2 Å². The number of ether oxygens (including phenoxy) is 1. The molecule has 3 aromatic carbocycles. The second-order valence-corrected chi connectivity index (χ2v) is 7.75. The zero-order valence-electron chi connectivity index (χ0n) is 17.2. The van der Waals surface area contributed by atoms with Gasteiger partial charge in [0.05, 0.1) is 11.0 Å². The molecule has 5 rings (SSSR count). The highest BCUT2D eigenvalue weighted by atomic mass is 16.6. The first-order valence-corrected chi connectivity index (χ1v) is 10.4. The number of H-pyrrole nitrogens is 1. The summed E-state index contributed by atoms with van der Waals surface area (Å²) in [5, 5.41) is 12.3. The van der Waals surface area contributed by atoms with E-state index in [9.17, 15) is 14.9 Å². The highest BCUT2D eigenvalue weighted by Gasteiger charge is 2.34. The molecule has 1 aliphatic rings. The fraction of sp³-hybridized carbons (Fsp3) is 0.160. The van der Waals surface area contributed by atoms with E-state index in [-0.39, 0.29) is 24.2 Å². The predicted molar refractivity (Wildman–Crippen MR) is 121 cm³/mol. The molecule has 0 saturated carbocycles. The van der Waals surface area contributed by atoms with Crippen LogP contribution in [0.1, 0.15) is 22.9 Å². The number of nitrogens with zero attached hydrogens (tertiary/aromatic N) is 2. The highest BCUT2D eigenvalue weighted by molar-refractivity contribution is 5.87. The lowest BCUT2D eigenvalue weighted by Crippen LogP contribution is -2.42. The van der Waals surface area contributed by atoms with Crippen LogP contribution in [-0.2, 0) is 11.2 Å². The number of rotatable bonds is 5. The van der Waals surface area contributed by atoms with Gasteiger partial charge in [-0.05, 0) is 47.9 Å². The van der Waals surface area contributed by atoms with E-state index in [0.717, 1.165) is 28.6 Å². The SMILES string of the molecule is O=C(COc1ccccc1)N1CCc2c([nH]c3ccccc23)C1c1ccc([N+](=O)[O-])cc1. The highest BCUT2D eigenvalue weighted by Crippen LogP contribution is 2.38. The van der Waals surface area contributed by atoms with Gasteiger partial charge in [0, 0.05) is 35.3 Å². The standard InChI is InChI=1S/C25H21N3O4/c29-23(16-32-19-6-2-1-3-7-19)27-15-14-21-20-8-4-5-9-22(20)26-24(21)25(27)17-10-12-18(13-11-17)28(30)31/h1-13,25-26H,14-16H2. The number of nitro benzene ring substituents is 1. The molecule has 0 bridgehead atoms. The molecule has 2 heterocycles. The lowest BCUT2D eigenvalue weighted by molar-refractivity contribution is -0.384. The summed E-state index contributed by atoms with van der Waals surface area (Å²) in [6, 6.07) is 23.3. The van der Waals surface area contributed by atoms with Crippen molar-refractivity contribution in [2.24, 2.45) is 0 Å². The Morgan fingerprint density at radius 3 is 2.50 bits per heavy atom. The van der Waals surface area contributed by atoms with Crippen LogP contribution >= 0.6 is 0 Å². The zero-order valence-corrected chi connectivity index (χ0v) is 17.2. The van der Waals surface area contributed by atoms with Crippen LogP contribution in [0.25, 0.3) is 10.9 Å². The molecule has 160 valence electrons. The summed E-state index contributed by atoms with van der Waals surface area (Å²) in [6.45, 7) is 0.455. The Kier molecular flexibility index (Phi) is 5.07. The van der Waals surface area contributed by atoms with Crippen LogP contribution in [0.5, 0.6) is 5.75 Å². The Balaban J connectivity index is 1.52. The number of carbonyl (C=O) groups is 1. The number of aromatic amines is 1. The van der Waals surface area contributed by atoms with Crippen molar-refractivity contribution in [3.8, 4) is 5.75 Å². The predicted octanol–water partition coefficient (Wildman–Crippen LogP) is 4.63. The summed E-state index contributed by atoms with van der Waals surface area (Å²) in [4.78, 5) is 29.2. The van der Waals surface area contributed by atoms with Crippen molar-refractivity contribution in [1.29, 1.82) is 0 Å². The summed E-state index contributed by atoms with van der Waals surface area (Å²) in [7, 11) is 0. The fourth-order valence-electron chi connectivity index (χ4n) is 4.38. The minimum atomic E-state index is -0.421. The molecule has 1 aliphatic heterocycles. The van der Waals surface area contributed by atoms with Gasteiger partial charge in [-0.2, -0.15) is 0 Å². The van der Waals surface area contributed by atoms with Gasteiger partial charge in [0.15, 0.2) is 6.61 Å². The van der Waals surface area contributed by atoms with Gasteiger partial charge in [0.25, 0.3) is 11.6 Å². The van der Waals surface area contributed by atoms with E-state index in [2.05, 4.69) is 11.1 Å². The zero-order chi connectivity index (χ0) is 22.1. The summed E-state index contributed by atoms with van der Waals surface area (Å²) >= 11 is 0. The first-order chi connectivity index (χ1) is 15.6. The van der Waals surface area contributed by atoms with Gasteiger partial charge in [0.2, 0.25) is 0 Å². The molecule has 1 atom stereocenters. The second-order valence-electron chi connectivity index (χ2n) is 7.75. The van der Waals surface area contributed by atoms with E-state index < -0.39 is 4.92 Å². The van der Waals surface area contributed by atoms with Crippen molar-refractivity contribution in [3.05, 3.63) is 106 Å². The lowest BCUT2D eigenvalue weighted by Gasteiger charge is -2.36. The van der Waals surface area contributed by atoms with Gasteiger partial charge < -0.3 is 14.6 Å². The molecule has 7 nitrogen and oxygen atoms in total. The lowest BCUT2D eigenvalue weighted by atomic mass is 9.92. The monoisotopic (exact) mass is 427 g/mol. The average molecular weight is 427 g/mol. The molecule has 0 aliphatic carbocycles. The normalized spacial score (nSPS) is 15.4. The van der Waals surface area contributed by atoms with Gasteiger partial charge in [0.1, 0.15) is 5.75 Å². The van der Waals surface area contributed by atoms with Crippen LogP contribution in [-0.4, -0.2) is 33.9 Å². The van der Waals surface area contributed by atoms with E-state index in [1.54, 1.807) is 17.0 Å². The minimum absolute atomic E-state index is 0.0201. The van der Waals surface area contributed by atoms with Crippen LogP contribution in [0, 0.1) is 10.1 Å². The van der Waals surface area contributed by atoms with Crippen molar-refractivity contribution in [1.82, 2.24) is 9.88 Å². The van der Waals surface area contributed by atoms with Gasteiger partial charge in [-0.25, -0.2) is 0 Å². The number of hydrogen-bond acceptors (Lipinski definition) is 4. The topological polar surface area (TPSA) is 88.5 Å². The number of amides is 1. The molecule has 0 radical (unpaired) electrons. The van der Waals surface area contributed by atoms with Gasteiger partial charge >= 0.3 is 0 Å². The number of hydrogen-bond donors (Lipinski definition) is 1. The Morgan fingerprint density at radius 2 is 1.75 bits per heavy atom. The molecule has 32 heavy (non-hydrogen) atoms. The number of para-hydroxylation sites is 2. The maximum atomic E-state index is 13.2. The van der Waals surface area contributed by atoms with Gasteiger partial charge in [-0.15, -0.1) is 0 Å². The third-order valence-corrected chi connectivity index (χ3v) is 5.88. The Bertz CT molecular complexity index is 1280. The fourth-order valence-corrected chi connectivity index (χ4v) is 4.38. The maximum Gasteiger partial charge on any atom is 0.269 e. The number of nitro groups is 1. The summed E-state index contributed by atoms with van der Waals surface area (Å²) < 4.78 is 5.71. The summed E-state index contributed by atoms with van der Waals surface area (Å²) in [5.74, 6) is 0.498. The Hall–Kier alpha value is -4.13. The van der Waals surface area contributed by atoms with Crippen molar-refractivity contribution < 1.29 is 14.5 Å². The van der Waals surface area contributed by atoms with Crippen molar-refractivity contribution in [2.45, 2.75) is 12.5 Å². The molecule has 1 amide bonds. The van der Waals surface area contributed by atoms with Crippen molar-refractivity contribution >= 4 is 22.5 Å². The molecule has 1 aromatic heterocycles. The van der Waals surface area contributed by atoms with E-state index >= 15 is 0 Å². The molecule has 1 N–H and O–H groups in total. The summed E-state index contributed by atoms with van der Waals surface area (Å²) in [6.07, 6.45) is 0.722. The number of nitrogens with one attached hydrogen (secondary N) is 1. The molecule has 7 heteroatoms. The van der Waals surface area contributed by atoms with E-state index in [1.807, 2.05) is 48.5 Å². The molecule has 0 spiro atoms. The number of non-ortho nitro benzene ring substituents is 1. The quantitative estimate of drug-likeness (QED) is 0.372. The summed E-state index contributed by atoms with van der Waals surface area (Å²) in [5.41, 5.74) is 3.97. The number of aromatic nitrogens is 1. The van der Waals surface area contributed by atoms with Crippen LogP contribution in [0.15, 0.2) is 78.9 Å². The van der Waals surface area contributed by atoms with Crippen LogP contribution in [0.3, 0.4) is 0 Å². The van der Waals surface area contributed by atoms with E-state index in [1.165, 1.54) is 17.7 Å². The smallest absolute Gasteiger partial charge is 0.269 e. The third-order valence-electron chi connectivity index (χ3n) is 5.88. The van der Waals surface area contributed by atoms with Crippen molar-refractivity contribution in [3.63, 3.8) is 0 Å². The maximum absolute atomic E-state index is 13.2. The van der Waals surface area contributed by atoms with Crippen LogP contribution in [0.2, 0.25) is 0 Å². The number of carbonyl (C=O) groups excluding carboxylic acids is 1. The minimum Gasteiger partial charge on any atom is -0.484 e. The molecule has 0 fully saturated rings. The largest absolute Gasteiger partial charge is 0.484 e. The average Bonchev–Trinajstić information content (AvgIpc) is 3.21. The van der Waals surface area contributed by atoms with Crippen LogP contribution in [0.4, 0.5) is 5.69 Å².